The first kappa shape index (κ1) is 18.4. The number of halogens is 1. The predicted molar refractivity (Wildman–Crippen MR) is 103 cm³/mol. The number of carbonyl (C=O) groups excluding carboxylic acids is 2. The molecule has 0 atom stereocenters. The van der Waals surface area contributed by atoms with Crippen LogP contribution < -0.4 is 14.8 Å². The van der Waals surface area contributed by atoms with Gasteiger partial charge in [0.25, 0.3) is 11.1 Å². The van der Waals surface area contributed by atoms with Gasteiger partial charge in [0.2, 0.25) is 0 Å². The fourth-order valence-corrected chi connectivity index (χ4v) is 3.26. The second kappa shape index (κ2) is 8.29. The molecule has 1 aliphatic rings. The lowest BCUT2D eigenvalue weighted by molar-refractivity contribution is -0.115. The molecule has 26 heavy (non-hydrogen) atoms. The molecule has 1 N–H and O–H groups in total. The number of hydrogen-bond acceptors (Lipinski definition) is 5. The lowest BCUT2D eigenvalue weighted by atomic mass is 10.2. The zero-order valence-electron chi connectivity index (χ0n) is 14.0. The van der Waals surface area contributed by atoms with Crippen molar-refractivity contribution in [2.24, 2.45) is 0 Å². The van der Waals surface area contributed by atoms with Crippen molar-refractivity contribution in [3.05, 3.63) is 63.5 Å². The average Bonchev–Trinajstić information content (AvgIpc) is 2.92. The average molecular weight is 390 g/mol. The molecule has 1 aliphatic heterocycles. The standard InChI is InChI=1S/C19H16ClNO4S/c1-2-24-16-9-12(10-17-18(22)21-19(23)26-17)6-7-15(16)25-11-13-4-3-5-14(20)8-13/h3-10H,2,11H2,1H3,(H,21,22,23)/b17-10+. The normalized spacial score (nSPS) is 15.2. The minimum absolute atomic E-state index is 0.352. The Labute approximate surface area is 160 Å². The summed E-state index contributed by atoms with van der Waals surface area (Å²) in [4.78, 5) is 23.3. The molecular formula is C19H16ClNO4S. The first-order valence-corrected chi connectivity index (χ1v) is 9.13. The molecule has 1 fully saturated rings. The van der Waals surface area contributed by atoms with Gasteiger partial charge >= 0.3 is 0 Å². The van der Waals surface area contributed by atoms with Crippen molar-refractivity contribution in [3.8, 4) is 11.5 Å². The Morgan fingerprint density at radius 1 is 1.12 bits per heavy atom. The lowest BCUT2D eigenvalue weighted by Crippen LogP contribution is -2.17. The summed E-state index contributed by atoms with van der Waals surface area (Å²) >= 11 is 6.86. The second-order valence-corrected chi connectivity index (χ2v) is 6.86. The van der Waals surface area contributed by atoms with E-state index in [0.29, 0.717) is 34.6 Å². The number of rotatable bonds is 6. The van der Waals surface area contributed by atoms with E-state index in [1.807, 2.05) is 25.1 Å². The number of benzene rings is 2. The molecule has 0 radical (unpaired) electrons. The van der Waals surface area contributed by atoms with Gasteiger partial charge in [-0.15, -0.1) is 0 Å². The summed E-state index contributed by atoms with van der Waals surface area (Å²) in [6.45, 7) is 2.71. The van der Waals surface area contributed by atoms with Gasteiger partial charge in [-0.2, -0.15) is 0 Å². The van der Waals surface area contributed by atoms with Crippen LogP contribution in [0.1, 0.15) is 18.1 Å². The highest BCUT2D eigenvalue weighted by molar-refractivity contribution is 8.18. The third kappa shape index (κ3) is 4.59. The Kier molecular flexibility index (Phi) is 5.85. The van der Waals surface area contributed by atoms with Crippen molar-refractivity contribution < 1.29 is 19.1 Å². The summed E-state index contributed by atoms with van der Waals surface area (Å²) in [5.74, 6) is 0.770. The summed E-state index contributed by atoms with van der Waals surface area (Å²) in [5, 5.41) is 2.52. The lowest BCUT2D eigenvalue weighted by Gasteiger charge is -2.13. The van der Waals surface area contributed by atoms with Crippen molar-refractivity contribution in [2.45, 2.75) is 13.5 Å². The van der Waals surface area contributed by atoms with Crippen LogP contribution in [0.2, 0.25) is 5.02 Å². The summed E-state index contributed by atoms with van der Waals surface area (Å²) in [5.41, 5.74) is 1.69. The van der Waals surface area contributed by atoms with E-state index >= 15 is 0 Å². The van der Waals surface area contributed by atoms with Crippen LogP contribution >= 0.6 is 23.4 Å². The highest BCUT2D eigenvalue weighted by Crippen LogP contribution is 2.32. The number of carbonyl (C=O) groups is 2. The number of hydrogen-bond donors (Lipinski definition) is 1. The summed E-state index contributed by atoms with van der Waals surface area (Å²) in [7, 11) is 0. The van der Waals surface area contributed by atoms with Crippen LogP contribution in [-0.4, -0.2) is 17.8 Å². The maximum absolute atomic E-state index is 11.7. The minimum atomic E-state index is -0.390. The van der Waals surface area contributed by atoms with E-state index in [9.17, 15) is 9.59 Å². The Bertz CT molecular complexity index is 882. The smallest absolute Gasteiger partial charge is 0.290 e. The topological polar surface area (TPSA) is 64.6 Å². The first-order chi connectivity index (χ1) is 12.5. The van der Waals surface area contributed by atoms with E-state index in [1.165, 1.54) is 0 Å². The van der Waals surface area contributed by atoms with Gasteiger partial charge in [0.15, 0.2) is 11.5 Å². The fraction of sp³-hybridized carbons (Fsp3) is 0.158. The minimum Gasteiger partial charge on any atom is -0.490 e. The molecule has 0 saturated carbocycles. The maximum atomic E-state index is 11.7. The van der Waals surface area contributed by atoms with Crippen molar-refractivity contribution in [3.63, 3.8) is 0 Å². The molecule has 3 rings (SSSR count). The van der Waals surface area contributed by atoms with E-state index < -0.39 is 0 Å². The molecule has 0 spiro atoms. The molecule has 1 heterocycles. The Morgan fingerprint density at radius 2 is 1.96 bits per heavy atom. The molecule has 134 valence electrons. The predicted octanol–water partition coefficient (Wildman–Crippen LogP) is 4.64. The van der Waals surface area contributed by atoms with Crippen molar-refractivity contribution in [2.75, 3.05) is 6.61 Å². The van der Waals surface area contributed by atoms with Gasteiger partial charge in [0.1, 0.15) is 6.61 Å². The van der Waals surface area contributed by atoms with Crippen molar-refractivity contribution in [1.29, 1.82) is 0 Å². The van der Waals surface area contributed by atoms with Gasteiger partial charge in [-0.3, -0.25) is 14.9 Å². The SMILES string of the molecule is CCOc1cc(/C=C2/SC(=O)NC2=O)ccc1OCc1cccc(Cl)c1. The van der Waals surface area contributed by atoms with Gasteiger partial charge in [-0.05, 0) is 60.2 Å². The quantitative estimate of drug-likeness (QED) is 0.729. The van der Waals surface area contributed by atoms with Gasteiger partial charge in [-0.1, -0.05) is 29.8 Å². The van der Waals surface area contributed by atoms with E-state index in [-0.39, 0.29) is 11.1 Å². The second-order valence-electron chi connectivity index (χ2n) is 5.41. The first-order valence-electron chi connectivity index (χ1n) is 7.94. The molecule has 7 heteroatoms. The van der Waals surface area contributed by atoms with Crippen LogP contribution in [0, 0.1) is 0 Å². The zero-order chi connectivity index (χ0) is 18.5. The summed E-state index contributed by atoms with van der Waals surface area (Å²) in [6.07, 6.45) is 1.65. The zero-order valence-corrected chi connectivity index (χ0v) is 15.5. The Morgan fingerprint density at radius 3 is 2.65 bits per heavy atom. The van der Waals surface area contributed by atoms with Gasteiger partial charge in [0, 0.05) is 5.02 Å². The Hall–Kier alpha value is -2.44. The summed E-state index contributed by atoms with van der Waals surface area (Å²) in [6, 6.07) is 12.8. The van der Waals surface area contributed by atoms with Crippen LogP contribution in [-0.2, 0) is 11.4 Å². The van der Waals surface area contributed by atoms with Crippen LogP contribution in [0.25, 0.3) is 6.08 Å². The molecule has 0 bridgehead atoms. The highest BCUT2D eigenvalue weighted by atomic mass is 35.5. The molecular weight excluding hydrogens is 374 g/mol. The molecule has 0 unspecified atom stereocenters. The molecule has 1 saturated heterocycles. The van der Waals surface area contributed by atoms with Gasteiger partial charge in [0.05, 0.1) is 11.5 Å². The largest absolute Gasteiger partial charge is 0.490 e. The number of ether oxygens (including phenoxy) is 2. The van der Waals surface area contributed by atoms with Crippen LogP contribution in [0.3, 0.4) is 0 Å². The molecule has 2 aromatic carbocycles. The fourth-order valence-electron chi connectivity index (χ4n) is 2.36. The van der Waals surface area contributed by atoms with Gasteiger partial charge in [-0.25, -0.2) is 0 Å². The van der Waals surface area contributed by atoms with E-state index in [4.69, 9.17) is 21.1 Å². The van der Waals surface area contributed by atoms with E-state index in [0.717, 1.165) is 22.9 Å². The van der Waals surface area contributed by atoms with E-state index in [2.05, 4.69) is 5.32 Å². The number of thioether (sulfide) groups is 1. The van der Waals surface area contributed by atoms with E-state index in [1.54, 1.807) is 30.3 Å². The van der Waals surface area contributed by atoms with Crippen molar-refractivity contribution >= 4 is 40.6 Å². The Balaban J connectivity index is 1.79. The highest BCUT2D eigenvalue weighted by Gasteiger charge is 2.25. The maximum Gasteiger partial charge on any atom is 0.290 e. The van der Waals surface area contributed by atoms with Crippen LogP contribution in [0.4, 0.5) is 4.79 Å². The molecule has 5 nitrogen and oxygen atoms in total. The van der Waals surface area contributed by atoms with Crippen LogP contribution in [0.5, 0.6) is 11.5 Å². The van der Waals surface area contributed by atoms with Gasteiger partial charge < -0.3 is 9.47 Å². The summed E-state index contributed by atoms with van der Waals surface area (Å²) < 4.78 is 11.5. The molecule has 0 aliphatic carbocycles. The number of nitrogens with one attached hydrogen (secondary N) is 1. The third-order valence-electron chi connectivity index (χ3n) is 3.49. The molecule has 2 amide bonds. The van der Waals surface area contributed by atoms with Crippen LogP contribution in [0.15, 0.2) is 47.4 Å². The van der Waals surface area contributed by atoms with Crippen molar-refractivity contribution in [1.82, 2.24) is 5.32 Å². The monoisotopic (exact) mass is 389 g/mol. The molecule has 2 aromatic rings. The number of amides is 2. The third-order valence-corrected chi connectivity index (χ3v) is 4.54. The molecule has 0 aromatic heterocycles. The number of imide groups is 1.